The van der Waals surface area contributed by atoms with E-state index < -0.39 is 12.1 Å². The van der Waals surface area contributed by atoms with Crippen LogP contribution in [0.2, 0.25) is 0 Å². The molecule has 0 spiro atoms. The molecule has 0 amide bonds. The highest BCUT2D eigenvalue weighted by Crippen LogP contribution is 2.34. The molecule has 0 saturated heterocycles. The quantitative estimate of drug-likeness (QED) is 0.450. The number of carbonyl (C=O) groups is 2. The first-order chi connectivity index (χ1) is 10.5. The molecule has 0 aromatic rings. The number of rotatable bonds is 11. The molecule has 0 aromatic carbocycles. The van der Waals surface area contributed by atoms with Gasteiger partial charge in [-0.05, 0) is 31.6 Å². The number of unbranched alkanes of at least 4 members (excludes halogenated alkanes) is 4. The minimum Gasteiger partial charge on any atom is -0.481 e. The fourth-order valence-corrected chi connectivity index (χ4v) is 3.12. The first-order valence-electron chi connectivity index (χ1n) is 8.65. The van der Waals surface area contributed by atoms with Gasteiger partial charge in [0.1, 0.15) is 5.78 Å². The normalized spacial score (nSPS) is 23.3. The lowest BCUT2D eigenvalue weighted by Crippen LogP contribution is -2.14. The zero-order chi connectivity index (χ0) is 16.4. The van der Waals surface area contributed by atoms with Gasteiger partial charge in [0.2, 0.25) is 0 Å². The topological polar surface area (TPSA) is 74.6 Å². The van der Waals surface area contributed by atoms with Crippen LogP contribution < -0.4 is 0 Å². The molecule has 0 aliphatic heterocycles. The van der Waals surface area contributed by atoms with Crippen LogP contribution in [0.25, 0.3) is 0 Å². The van der Waals surface area contributed by atoms with Crippen LogP contribution in [0, 0.1) is 11.8 Å². The lowest BCUT2D eigenvalue weighted by atomic mass is 9.89. The van der Waals surface area contributed by atoms with Gasteiger partial charge in [-0.1, -0.05) is 44.8 Å². The zero-order valence-corrected chi connectivity index (χ0v) is 13.7. The molecule has 0 bridgehead atoms. The maximum atomic E-state index is 12.0. The molecule has 126 valence electrons. The van der Waals surface area contributed by atoms with Gasteiger partial charge in [-0.2, -0.15) is 0 Å². The molecule has 3 unspecified atom stereocenters. The van der Waals surface area contributed by atoms with Crippen LogP contribution in [0.4, 0.5) is 0 Å². The number of hydrogen-bond acceptors (Lipinski definition) is 3. The minimum atomic E-state index is -0.722. The molecule has 1 saturated carbocycles. The second-order valence-corrected chi connectivity index (χ2v) is 6.34. The number of carboxylic acid groups (broad SMARTS) is 1. The van der Waals surface area contributed by atoms with Crippen molar-refractivity contribution in [3.05, 3.63) is 12.2 Å². The van der Waals surface area contributed by atoms with E-state index in [1.807, 2.05) is 19.1 Å². The van der Waals surface area contributed by atoms with Gasteiger partial charge in [0.25, 0.3) is 0 Å². The molecule has 1 aliphatic carbocycles. The summed E-state index contributed by atoms with van der Waals surface area (Å²) >= 11 is 0. The Morgan fingerprint density at radius 2 is 1.95 bits per heavy atom. The van der Waals surface area contributed by atoms with E-state index in [-0.39, 0.29) is 12.3 Å². The zero-order valence-electron chi connectivity index (χ0n) is 13.7. The Balaban J connectivity index is 2.22. The predicted molar refractivity (Wildman–Crippen MR) is 86.6 cm³/mol. The van der Waals surface area contributed by atoms with Gasteiger partial charge in [-0.25, -0.2) is 0 Å². The summed E-state index contributed by atoms with van der Waals surface area (Å²) in [7, 11) is 0. The molecule has 1 fully saturated rings. The third kappa shape index (κ3) is 7.21. The highest BCUT2D eigenvalue weighted by atomic mass is 16.4. The fourth-order valence-electron chi connectivity index (χ4n) is 3.12. The molecule has 4 heteroatoms. The standard InChI is InChI=1S/C18H30O4/c1-2-15(19)12-10-14-11-13-17(20)16(14)8-6-4-3-5-7-9-18(21)22/h10,12,14-16,19H,2-9,11,13H2,1H3,(H,21,22)/b12-10+. The lowest BCUT2D eigenvalue weighted by molar-refractivity contribution is -0.137. The van der Waals surface area contributed by atoms with Crippen molar-refractivity contribution in [1.82, 2.24) is 0 Å². The van der Waals surface area contributed by atoms with Crippen LogP contribution in [0.3, 0.4) is 0 Å². The summed E-state index contributed by atoms with van der Waals surface area (Å²) in [4.78, 5) is 22.4. The number of aliphatic hydroxyl groups is 1. The van der Waals surface area contributed by atoms with Crippen molar-refractivity contribution in [3.8, 4) is 0 Å². The van der Waals surface area contributed by atoms with Crippen LogP contribution in [0.5, 0.6) is 0 Å². The summed E-state index contributed by atoms with van der Waals surface area (Å²) in [5.74, 6) is 0.0620. The molecular formula is C18H30O4. The van der Waals surface area contributed by atoms with Crippen molar-refractivity contribution in [1.29, 1.82) is 0 Å². The van der Waals surface area contributed by atoms with E-state index in [9.17, 15) is 14.7 Å². The van der Waals surface area contributed by atoms with Crippen LogP contribution in [0.15, 0.2) is 12.2 Å². The Hall–Kier alpha value is -1.16. The van der Waals surface area contributed by atoms with E-state index in [1.165, 1.54) is 0 Å². The third-order valence-electron chi connectivity index (χ3n) is 4.56. The van der Waals surface area contributed by atoms with Crippen molar-refractivity contribution in [2.45, 2.75) is 77.2 Å². The molecule has 1 aliphatic rings. The lowest BCUT2D eigenvalue weighted by Gasteiger charge is -2.15. The Morgan fingerprint density at radius 3 is 2.64 bits per heavy atom. The second-order valence-electron chi connectivity index (χ2n) is 6.34. The number of allylic oxidation sites excluding steroid dienone is 1. The van der Waals surface area contributed by atoms with E-state index in [0.29, 0.717) is 24.5 Å². The Bertz CT molecular complexity index is 375. The van der Waals surface area contributed by atoms with Crippen LogP contribution in [-0.4, -0.2) is 28.1 Å². The molecule has 0 heterocycles. The maximum Gasteiger partial charge on any atom is 0.303 e. The summed E-state index contributed by atoms with van der Waals surface area (Å²) < 4.78 is 0. The number of carboxylic acids is 1. The SMILES string of the molecule is CCC(O)/C=C/C1CCC(=O)C1CCCCCCCC(=O)O. The largest absolute Gasteiger partial charge is 0.481 e. The summed E-state index contributed by atoms with van der Waals surface area (Å²) in [5, 5.41) is 18.2. The smallest absolute Gasteiger partial charge is 0.303 e. The number of carbonyl (C=O) groups excluding carboxylic acids is 1. The summed E-state index contributed by atoms with van der Waals surface area (Å²) in [6.45, 7) is 1.94. The van der Waals surface area contributed by atoms with Crippen molar-refractivity contribution in [2.75, 3.05) is 0 Å². The molecule has 4 nitrogen and oxygen atoms in total. The van der Waals surface area contributed by atoms with Gasteiger partial charge in [0.15, 0.2) is 0 Å². The number of aliphatic carboxylic acids is 1. The third-order valence-corrected chi connectivity index (χ3v) is 4.56. The van der Waals surface area contributed by atoms with Crippen molar-refractivity contribution in [2.24, 2.45) is 11.8 Å². The number of Topliss-reactive ketones (excluding diaryl/α,β-unsaturated/α-hetero) is 1. The molecule has 1 rings (SSSR count). The highest BCUT2D eigenvalue weighted by molar-refractivity contribution is 5.83. The van der Waals surface area contributed by atoms with E-state index >= 15 is 0 Å². The molecule has 0 aromatic heterocycles. The highest BCUT2D eigenvalue weighted by Gasteiger charge is 2.32. The minimum absolute atomic E-state index is 0.124. The molecule has 3 atom stereocenters. The van der Waals surface area contributed by atoms with Gasteiger partial charge in [-0.3, -0.25) is 9.59 Å². The summed E-state index contributed by atoms with van der Waals surface area (Å²) in [6.07, 6.45) is 11.8. The van der Waals surface area contributed by atoms with E-state index in [4.69, 9.17) is 5.11 Å². The molecular weight excluding hydrogens is 280 g/mol. The number of ketones is 1. The monoisotopic (exact) mass is 310 g/mol. The van der Waals surface area contributed by atoms with Gasteiger partial charge in [0.05, 0.1) is 6.10 Å². The summed E-state index contributed by atoms with van der Waals surface area (Å²) in [6, 6.07) is 0. The van der Waals surface area contributed by atoms with E-state index in [1.54, 1.807) is 0 Å². The van der Waals surface area contributed by atoms with E-state index in [2.05, 4.69) is 0 Å². The van der Waals surface area contributed by atoms with Gasteiger partial charge in [0, 0.05) is 18.8 Å². The van der Waals surface area contributed by atoms with Crippen LogP contribution in [-0.2, 0) is 9.59 Å². The van der Waals surface area contributed by atoms with Gasteiger partial charge >= 0.3 is 5.97 Å². The number of hydrogen-bond donors (Lipinski definition) is 2. The number of aliphatic hydroxyl groups excluding tert-OH is 1. The molecule has 0 radical (unpaired) electrons. The Kier molecular flexibility index (Phi) is 9.05. The van der Waals surface area contributed by atoms with Crippen LogP contribution >= 0.6 is 0 Å². The maximum absolute atomic E-state index is 12.0. The fraction of sp³-hybridized carbons (Fsp3) is 0.778. The van der Waals surface area contributed by atoms with Gasteiger partial charge < -0.3 is 10.2 Å². The second kappa shape index (κ2) is 10.5. The van der Waals surface area contributed by atoms with Crippen molar-refractivity contribution in [3.63, 3.8) is 0 Å². The van der Waals surface area contributed by atoms with Gasteiger partial charge in [-0.15, -0.1) is 0 Å². The van der Waals surface area contributed by atoms with E-state index in [0.717, 1.165) is 44.9 Å². The Morgan fingerprint density at radius 1 is 1.27 bits per heavy atom. The first kappa shape index (κ1) is 18.9. The summed E-state index contributed by atoms with van der Waals surface area (Å²) in [5.41, 5.74) is 0. The first-order valence-corrected chi connectivity index (χ1v) is 8.65. The van der Waals surface area contributed by atoms with Crippen molar-refractivity contribution < 1.29 is 19.8 Å². The predicted octanol–water partition coefficient (Wildman–Crippen LogP) is 3.72. The van der Waals surface area contributed by atoms with Crippen molar-refractivity contribution >= 4 is 11.8 Å². The average Bonchev–Trinajstić information content (AvgIpc) is 2.84. The average molecular weight is 310 g/mol. The molecule has 22 heavy (non-hydrogen) atoms. The molecule has 2 N–H and O–H groups in total. The Labute approximate surface area is 133 Å². The van der Waals surface area contributed by atoms with Crippen LogP contribution in [0.1, 0.15) is 71.1 Å².